The van der Waals surface area contributed by atoms with Gasteiger partial charge in [-0.05, 0) is 0 Å². The zero-order valence-electron chi connectivity index (χ0n) is 13.7. The zero-order valence-corrected chi connectivity index (χ0v) is 14.5. The lowest BCUT2D eigenvalue weighted by Gasteiger charge is -2.28. The number of aliphatic hydroxyl groups is 2. The van der Waals surface area contributed by atoms with Crippen LogP contribution in [0.1, 0.15) is 0 Å². The summed E-state index contributed by atoms with van der Waals surface area (Å²) < 4.78 is 11.6. The standard InChI is InChI=1S/C14H21N7O3S/c22-5-1-15-12-10-11(17-9-18-12)13(20-14(19-10)16-2-6-23)21-3-7-25(24)8-4-21/h9,22-23H,1-8H2,(H,15,17,18)(H,16,19,20). The molecule has 1 aliphatic rings. The molecule has 0 bridgehead atoms. The first-order valence-corrected chi connectivity index (χ1v) is 9.54. The Balaban J connectivity index is 2.04. The van der Waals surface area contributed by atoms with E-state index in [1.807, 2.05) is 4.90 Å². The number of nitrogens with zero attached hydrogens (tertiary/aromatic N) is 5. The molecule has 1 aliphatic heterocycles. The molecule has 11 heteroatoms. The van der Waals surface area contributed by atoms with E-state index in [1.165, 1.54) is 6.33 Å². The van der Waals surface area contributed by atoms with E-state index in [4.69, 9.17) is 10.2 Å². The highest BCUT2D eigenvalue weighted by atomic mass is 32.2. The third kappa shape index (κ3) is 4.11. The topological polar surface area (TPSA) is 136 Å². The summed E-state index contributed by atoms with van der Waals surface area (Å²) in [6.45, 7) is 1.84. The third-order valence-electron chi connectivity index (χ3n) is 3.74. The Hall–Kier alpha value is -2.11. The van der Waals surface area contributed by atoms with E-state index in [0.29, 0.717) is 66.3 Å². The first-order valence-electron chi connectivity index (χ1n) is 8.05. The number of rotatable bonds is 7. The minimum Gasteiger partial charge on any atom is -0.395 e. The van der Waals surface area contributed by atoms with Crippen LogP contribution in [0.4, 0.5) is 17.6 Å². The first kappa shape index (κ1) is 17.7. The zero-order chi connectivity index (χ0) is 17.6. The van der Waals surface area contributed by atoms with Crippen LogP contribution in [0.2, 0.25) is 0 Å². The lowest BCUT2D eigenvalue weighted by molar-refractivity contribution is 0.310. The van der Waals surface area contributed by atoms with Crippen LogP contribution in [0.25, 0.3) is 11.0 Å². The maximum absolute atomic E-state index is 11.6. The van der Waals surface area contributed by atoms with Crippen LogP contribution in [0, 0.1) is 0 Å². The fourth-order valence-corrected chi connectivity index (χ4v) is 3.61. The van der Waals surface area contributed by atoms with Crippen molar-refractivity contribution in [2.45, 2.75) is 0 Å². The molecule has 0 amide bonds. The van der Waals surface area contributed by atoms with Crippen molar-refractivity contribution in [3.05, 3.63) is 6.33 Å². The Labute approximate surface area is 147 Å². The SMILES string of the molecule is O=S1CCN(c2nc(NCCO)nc3c(NCCO)ncnc23)CC1. The molecule has 4 N–H and O–H groups in total. The third-order valence-corrected chi connectivity index (χ3v) is 5.02. The predicted molar refractivity (Wildman–Crippen MR) is 96.4 cm³/mol. The Morgan fingerprint density at radius 3 is 2.48 bits per heavy atom. The minimum absolute atomic E-state index is 0.0308. The van der Waals surface area contributed by atoms with Crippen LogP contribution < -0.4 is 15.5 Å². The summed E-state index contributed by atoms with van der Waals surface area (Å²) in [5.74, 6) is 2.70. The number of anilines is 3. The fraction of sp³-hybridized carbons (Fsp3) is 0.571. The predicted octanol–water partition coefficient (Wildman–Crippen LogP) is -1.20. The molecule has 25 heavy (non-hydrogen) atoms. The van der Waals surface area contributed by atoms with E-state index in [0.717, 1.165) is 0 Å². The summed E-state index contributed by atoms with van der Waals surface area (Å²) in [4.78, 5) is 19.6. The van der Waals surface area contributed by atoms with Crippen LogP contribution in [0.15, 0.2) is 6.33 Å². The highest BCUT2D eigenvalue weighted by Gasteiger charge is 2.22. The first-order chi connectivity index (χ1) is 12.2. The maximum atomic E-state index is 11.6. The molecule has 0 atom stereocenters. The number of fused-ring (bicyclic) bond motifs is 1. The molecule has 0 unspecified atom stereocenters. The van der Waals surface area contributed by atoms with Gasteiger partial charge < -0.3 is 25.7 Å². The highest BCUT2D eigenvalue weighted by molar-refractivity contribution is 7.85. The molecular weight excluding hydrogens is 346 g/mol. The van der Waals surface area contributed by atoms with E-state index in [2.05, 4.69) is 30.6 Å². The Kier molecular flexibility index (Phi) is 5.89. The van der Waals surface area contributed by atoms with Crippen LogP contribution in [0.5, 0.6) is 0 Å². The number of nitrogens with one attached hydrogen (secondary N) is 2. The summed E-state index contributed by atoms with van der Waals surface area (Å²) in [5.41, 5.74) is 1.13. The maximum Gasteiger partial charge on any atom is 0.225 e. The van der Waals surface area contributed by atoms with Gasteiger partial charge in [0, 0.05) is 48.5 Å². The van der Waals surface area contributed by atoms with Crippen molar-refractivity contribution in [1.82, 2.24) is 19.9 Å². The summed E-state index contributed by atoms with van der Waals surface area (Å²) in [6.07, 6.45) is 1.43. The van der Waals surface area contributed by atoms with Gasteiger partial charge in [0.1, 0.15) is 17.4 Å². The number of aliphatic hydroxyl groups excluding tert-OH is 2. The van der Waals surface area contributed by atoms with Crippen molar-refractivity contribution < 1.29 is 14.4 Å². The van der Waals surface area contributed by atoms with Crippen LogP contribution >= 0.6 is 0 Å². The average Bonchev–Trinajstić information content (AvgIpc) is 2.64. The molecule has 3 heterocycles. The van der Waals surface area contributed by atoms with Crippen molar-refractivity contribution in [2.24, 2.45) is 0 Å². The van der Waals surface area contributed by atoms with Gasteiger partial charge in [-0.1, -0.05) is 0 Å². The van der Waals surface area contributed by atoms with Crippen LogP contribution in [-0.4, -0.2) is 85.3 Å². The quantitative estimate of drug-likeness (QED) is 0.472. The van der Waals surface area contributed by atoms with E-state index < -0.39 is 10.8 Å². The van der Waals surface area contributed by atoms with Gasteiger partial charge in [-0.25, -0.2) is 15.0 Å². The second-order valence-electron chi connectivity index (χ2n) is 5.43. The molecule has 2 aromatic rings. The molecule has 0 spiro atoms. The fourth-order valence-electron chi connectivity index (χ4n) is 2.55. The second kappa shape index (κ2) is 8.32. The van der Waals surface area contributed by atoms with Gasteiger partial charge in [0.05, 0.1) is 13.2 Å². The second-order valence-corrected chi connectivity index (χ2v) is 7.12. The van der Waals surface area contributed by atoms with E-state index >= 15 is 0 Å². The molecule has 2 aromatic heterocycles. The summed E-state index contributed by atoms with van der Waals surface area (Å²) >= 11 is 0. The molecule has 0 saturated carbocycles. The molecule has 0 aliphatic carbocycles. The van der Waals surface area contributed by atoms with Gasteiger partial charge in [0.2, 0.25) is 5.95 Å². The van der Waals surface area contributed by atoms with Crippen molar-refractivity contribution >= 4 is 39.4 Å². The summed E-state index contributed by atoms with van der Waals surface area (Å²) in [5, 5.41) is 24.1. The van der Waals surface area contributed by atoms with Crippen LogP contribution in [0.3, 0.4) is 0 Å². The highest BCUT2D eigenvalue weighted by Crippen LogP contribution is 2.27. The van der Waals surface area contributed by atoms with Crippen LogP contribution in [-0.2, 0) is 10.8 Å². The van der Waals surface area contributed by atoms with Crippen molar-refractivity contribution in [2.75, 3.05) is 66.4 Å². The summed E-state index contributed by atoms with van der Waals surface area (Å²) in [6, 6.07) is 0. The molecule has 0 radical (unpaired) electrons. The minimum atomic E-state index is -0.794. The Morgan fingerprint density at radius 1 is 1.04 bits per heavy atom. The van der Waals surface area contributed by atoms with Crippen molar-refractivity contribution in [1.29, 1.82) is 0 Å². The molecule has 3 rings (SSSR count). The number of aromatic nitrogens is 4. The van der Waals surface area contributed by atoms with Gasteiger partial charge in [-0.2, -0.15) is 4.98 Å². The average molecular weight is 367 g/mol. The largest absolute Gasteiger partial charge is 0.395 e. The van der Waals surface area contributed by atoms with Gasteiger partial charge in [-0.15, -0.1) is 0 Å². The Bertz CT molecular complexity index is 751. The molecule has 136 valence electrons. The van der Waals surface area contributed by atoms with Crippen molar-refractivity contribution in [3.8, 4) is 0 Å². The molecule has 10 nitrogen and oxygen atoms in total. The summed E-state index contributed by atoms with van der Waals surface area (Å²) in [7, 11) is -0.794. The normalized spacial score (nSPS) is 15.5. The van der Waals surface area contributed by atoms with Crippen molar-refractivity contribution in [3.63, 3.8) is 0 Å². The smallest absolute Gasteiger partial charge is 0.225 e. The molecule has 1 fully saturated rings. The van der Waals surface area contributed by atoms with Gasteiger partial charge in [-0.3, -0.25) is 4.21 Å². The molecular formula is C14H21N7O3S. The van der Waals surface area contributed by atoms with E-state index in [1.54, 1.807) is 0 Å². The van der Waals surface area contributed by atoms with E-state index in [9.17, 15) is 4.21 Å². The number of hydrogen-bond acceptors (Lipinski definition) is 10. The lowest BCUT2D eigenvalue weighted by atomic mass is 10.3. The Morgan fingerprint density at radius 2 is 1.76 bits per heavy atom. The molecule has 1 saturated heterocycles. The van der Waals surface area contributed by atoms with Gasteiger partial charge in [0.15, 0.2) is 11.6 Å². The van der Waals surface area contributed by atoms with Gasteiger partial charge in [0.25, 0.3) is 0 Å². The molecule has 0 aromatic carbocycles. The van der Waals surface area contributed by atoms with E-state index in [-0.39, 0.29) is 13.2 Å². The lowest BCUT2D eigenvalue weighted by Crippen LogP contribution is -2.38. The number of hydrogen-bond donors (Lipinski definition) is 4. The van der Waals surface area contributed by atoms with Gasteiger partial charge >= 0.3 is 0 Å². The monoisotopic (exact) mass is 367 g/mol.